The summed E-state index contributed by atoms with van der Waals surface area (Å²) in [5.74, 6) is -0.288. The number of benzene rings is 1. The lowest BCUT2D eigenvalue weighted by atomic mass is 9.98. The van der Waals surface area contributed by atoms with E-state index in [0.717, 1.165) is 22.7 Å². The second-order valence-electron chi connectivity index (χ2n) is 8.32. The third kappa shape index (κ3) is 6.54. The fraction of sp³-hybridized carbons (Fsp3) is 0.500. The molecule has 1 aliphatic rings. The van der Waals surface area contributed by atoms with E-state index in [4.69, 9.17) is 9.47 Å². The number of carbonyl (C=O) groups excluding carboxylic acids is 3. The summed E-state index contributed by atoms with van der Waals surface area (Å²) < 4.78 is 10.8. The summed E-state index contributed by atoms with van der Waals surface area (Å²) in [5, 5.41) is 2.43. The third-order valence-electron chi connectivity index (χ3n) is 5.31. The van der Waals surface area contributed by atoms with Crippen LogP contribution in [0.4, 0.5) is 0 Å². The zero-order valence-corrected chi connectivity index (χ0v) is 20.4. The molecule has 0 radical (unpaired) electrons. The molecule has 2 amide bonds. The first-order chi connectivity index (χ1) is 15.8. The van der Waals surface area contributed by atoms with E-state index in [0.29, 0.717) is 31.8 Å². The number of rotatable bonds is 8. The molecule has 2 aromatic rings. The Morgan fingerprint density at radius 1 is 1.24 bits per heavy atom. The Kier molecular flexibility index (Phi) is 8.43. The van der Waals surface area contributed by atoms with Crippen molar-refractivity contribution in [2.45, 2.75) is 39.7 Å². The molecule has 1 saturated heterocycles. The number of carbonyl (C=O) groups is 3. The number of amides is 2. The lowest BCUT2D eigenvalue weighted by Crippen LogP contribution is -2.47. The molecule has 1 fully saturated rings. The van der Waals surface area contributed by atoms with Gasteiger partial charge in [-0.15, -0.1) is 11.3 Å². The highest BCUT2D eigenvalue weighted by Gasteiger charge is 2.30. The molecular formula is C24H31N3O5S. The van der Waals surface area contributed by atoms with E-state index < -0.39 is 0 Å². The van der Waals surface area contributed by atoms with E-state index in [1.165, 1.54) is 16.2 Å². The second kappa shape index (κ2) is 11.3. The molecule has 1 aliphatic heterocycles. The van der Waals surface area contributed by atoms with Crippen LogP contribution < -0.4 is 4.74 Å². The molecule has 1 aromatic heterocycles. The van der Waals surface area contributed by atoms with Crippen molar-refractivity contribution >= 4 is 29.1 Å². The molecule has 3 rings (SSSR count). The van der Waals surface area contributed by atoms with Crippen LogP contribution in [0.1, 0.15) is 44.1 Å². The van der Waals surface area contributed by atoms with Gasteiger partial charge in [-0.3, -0.25) is 14.4 Å². The summed E-state index contributed by atoms with van der Waals surface area (Å²) >= 11 is 1.38. The largest absolute Gasteiger partial charge is 0.491 e. The number of likely N-dealkylation sites (N-methyl/N-ethyl adjacent to an activating group) is 1. The molecule has 33 heavy (non-hydrogen) atoms. The summed E-state index contributed by atoms with van der Waals surface area (Å²) in [6.45, 7) is 6.87. The predicted octanol–water partition coefficient (Wildman–Crippen LogP) is 3.47. The van der Waals surface area contributed by atoms with E-state index in [1.54, 1.807) is 24.3 Å². The van der Waals surface area contributed by atoms with Crippen molar-refractivity contribution in [2.24, 2.45) is 5.92 Å². The molecule has 0 saturated carbocycles. The average Bonchev–Trinajstić information content (AvgIpc) is 3.29. The van der Waals surface area contributed by atoms with Gasteiger partial charge in [-0.2, -0.15) is 0 Å². The van der Waals surface area contributed by atoms with Gasteiger partial charge in [0.2, 0.25) is 5.91 Å². The molecule has 178 valence electrons. The maximum Gasteiger partial charge on any atom is 0.310 e. The van der Waals surface area contributed by atoms with Crippen LogP contribution in [0.25, 0.3) is 10.6 Å². The van der Waals surface area contributed by atoms with Gasteiger partial charge in [0, 0.05) is 31.1 Å². The Morgan fingerprint density at radius 3 is 2.64 bits per heavy atom. The molecule has 0 aliphatic carbocycles. The SMILES string of the molecule is CCOC(=O)C1CCCN(C(=O)CN(C)C(=O)c2csc(-c3ccc(OC(C)C)cc3)n2)C1. The first-order valence-corrected chi connectivity index (χ1v) is 12.1. The van der Waals surface area contributed by atoms with E-state index in [-0.39, 0.29) is 36.4 Å². The summed E-state index contributed by atoms with van der Waals surface area (Å²) in [4.78, 5) is 45.1. The Morgan fingerprint density at radius 2 is 1.97 bits per heavy atom. The molecule has 9 heteroatoms. The zero-order valence-electron chi connectivity index (χ0n) is 19.6. The van der Waals surface area contributed by atoms with Crippen LogP contribution in [0.2, 0.25) is 0 Å². The standard InChI is InChI=1S/C24H31N3O5S/c1-5-31-24(30)18-7-6-12-27(13-18)21(28)14-26(4)23(29)20-15-33-22(25-20)17-8-10-19(11-9-17)32-16(2)3/h8-11,15-16,18H,5-7,12-14H2,1-4H3. The molecule has 8 nitrogen and oxygen atoms in total. The quantitative estimate of drug-likeness (QED) is 0.546. The minimum atomic E-state index is -0.315. The van der Waals surface area contributed by atoms with Crippen LogP contribution in [0.15, 0.2) is 29.6 Å². The van der Waals surface area contributed by atoms with E-state index >= 15 is 0 Å². The summed E-state index contributed by atoms with van der Waals surface area (Å²) in [6.07, 6.45) is 1.55. The fourth-order valence-corrected chi connectivity index (χ4v) is 4.48. The number of piperidine rings is 1. The highest BCUT2D eigenvalue weighted by Crippen LogP contribution is 2.26. The smallest absolute Gasteiger partial charge is 0.310 e. The summed E-state index contributed by atoms with van der Waals surface area (Å²) in [6, 6.07) is 7.58. The molecule has 1 unspecified atom stereocenters. The van der Waals surface area contributed by atoms with Gasteiger partial charge in [-0.25, -0.2) is 4.98 Å². The number of nitrogens with zero attached hydrogens (tertiary/aromatic N) is 3. The molecular weight excluding hydrogens is 442 g/mol. The Bertz CT molecular complexity index is 973. The Labute approximate surface area is 198 Å². The van der Waals surface area contributed by atoms with Gasteiger partial charge in [-0.05, 0) is 57.9 Å². The first kappa shape index (κ1) is 24.7. The molecule has 1 atom stereocenters. The summed E-state index contributed by atoms with van der Waals surface area (Å²) in [7, 11) is 1.59. The van der Waals surface area contributed by atoms with Crippen LogP contribution in [0.3, 0.4) is 0 Å². The topological polar surface area (TPSA) is 89.0 Å². The number of ether oxygens (including phenoxy) is 2. The highest BCUT2D eigenvalue weighted by molar-refractivity contribution is 7.13. The molecule has 2 heterocycles. The van der Waals surface area contributed by atoms with Gasteiger partial charge in [0.25, 0.3) is 5.91 Å². The molecule has 0 N–H and O–H groups in total. The monoisotopic (exact) mass is 473 g/mol. The van der Waals surface area contributed by atoms with Crippen LogP contribution in [0.5, 0.6) is 5.75 Å². The predicted molar refractivity (Wildman–Crippen MR) is 126 cm³/mol. The lowest BCUT2D eigenvalue weighted by Gasteiger charge is -2.32. The van der Waals surface area contributed by atoms with E-state index in [2.05, 4.69) is 4.98 Å². The number of hydrogen-bond donors (Lipinski definition) is 0. The van der Waals surface area contributed by atoms with Crippen molar-refractivity contribution in [1.82, 2.24) is 14.8 Å². The molecule has 0 spiro atoms. The minimum Gasteiger partial charge on any atom is -0.491 e. The summed E-state index contributed by atoms with van der Waals surface area (Å²) in [5.41, 5.74) is 1.20. The van der Waals surface area contributed by atoms with Gasteiger partial charge >= 0.3 is 5.97 Å². The highest BCUT2D eigenvalue weighted by atomic mass is 32.1. The van der Waals surface area contributed by atoms with Gasteiger partial charge in [0.1, 0.15) is 16.5 Å². The molecule has 0 bridgehead atoms. The van der Waals surface area contributed by atoms with Crippen LogP contribution in [0, 0.1) is 5.92 Å². The Balaban J connectivity index is 1.58. The number of thiazole rings is 1. The van der Waals surface area contributed by atoms with Gasteiger partial charge in [-0.1, -0.05) is 0 Å². The number of esters is 1. The molecule has 1 aromatic carbocycles. The zero-order chi connectivity index (χ0) is 24.0. The number of hydrogen-bond acceptors (Lipinski definition) is 7. The first-order valence-electron chi connectivity index (χ1n) is 11.2. The lowest BCUT2D eigenvalue weighted by molar-refractivity contribution is -0.151. The minimum absolute atomic E-state index is 0.0670. The van der Waals surface area contributed by atoms with E-state index in [9.17, 15) is 14.4 Å². The van der Waals surface area contributed by atoms with Crippen molar-refractivity contribution in [3.63, 3.8) is 0 Å². The van der Waals surface area contributed by atoms with Crippen LogP contribution >= 0.6 is 11.3 Å². The van der Waals surface area contributed by atoms with Gasteiger partial charge < -0.3 is 19.3 Å². The van der Waals surface area contributed by atoms with Crippen molar-refractivity contribution < 1.29 is 23.9 Å². The number of aromatic nitrogens is 1. The van der Waals surface area contributed by atoms with Gasteiger partial charge in [0.15, 0.2) is 0 Å². The van der Waals surface area contributed by atoms with Crippen molar-refractivity contribution in [3.05, 3.63) is 35.3 Å². The van der Waals surface area contributed by atoms with Crippen LogP contribution in [-0.2, 0) is 14.3 Å². The van der Waals surface area contributed by atoms with Crippen molar-refractivity contribution in [1.29, 1.82) is 0 Å². The van der Waals surface area contributed by atoms with Gasteiger partial charge in [0.05, 0.1) is 25.2 Å². The third-order valence-corrected chi connectivity index (χ3v) is 6.20. The normalized spacial score (nSPS) is 15.9. The van der Waals surface area contributed by atoms with Crippen LogP contribution in [-0.4, -0.2) is 72.0 Å². The maximum atomic E-state index is 12.8. The second-order valence-corrected chi connectivity index (χ2v) is 9.18. The maximum absolute atomic E-state index is 12.8. The Hall–Kier alpha value is -2.94. The fourth-order valence-electron chi connectivity index (χ4n) is 3.68. The van der Waals surface area contributed by atoms with E-state index in [1.807, 2.05) is 38.1 Å². The van der Waals surface area contributed by atoms with Crippen molar-refractivity contribution in [3.8, 4) is 16.3 Å². The van der Waals surface area contributed by atoms with Crippen molar-refractivity contribution in [2.75, 3.05) is 33.3 Å². The number of likely N-dealkylation sites (tertiary alicyclic amines) is 1. The average molecular weight is 474 g/mol.